The Balaban J connectivity index is 1.62. The highest BCUT2D eigenvalue weighted by atomic mass is 16.5. The average molecular weight is 314 g/mol. The molecule has 3 rings (SSSR count). The SMILES string of the molecule is CCn1cnnc1-c1cccc(NC(=O)CC[C@H]2CCCO2)c1. The van der Waals surface area contributed by atoms with Gasteiger partial charge in [-0.25, -0.2) is 0 Å². The Labute approximate surface area is 135 Å². The molecule has 1 aliphatic heterocycles. The van der Waals surface area contributed by atoms with Crippen LogP contribution in [0.5, 0.6) is 0 Å². The van der Waals surface area contributed by atoms with E-state index in [1.54, 1.807) is 6.33 Å². The van der Waals surface area contributed by atoms with E-state index >= 15 is 0 Å². The quantitative estimate of drug-likeness (QED) is 0.890. The molecule has 0 saturated carbocycles. The molecule has 1 aromatic carbocycles. The second kappa shape index (κ2) is 7.37. The number of nitrogens with zero attached hydrogens (tertiary/aromatic N) is 3. The first kappa shape index (κ1) is 15.7. The lowest BCUT2D eigenvalue weighted by Gasteiger charge is -2.10. The van der Waals surface area contributed by atoms with Crippen molar-refractivity contribution in [2.45, 2.75) is 45.3 Å². The number of amides is 1. The summed E-state index contributed by atoms with van der Waals surface area (Å²) >= 11 is 0. The number of rotatable bonds is 6. The molecule has 1 N–H and O–H groups in total. The highest BCUT2D eigenvalue weighted by Gasteiger charge is 2.16. The first-order chi connectivity index (χ1) is 11.3. The highest BCUT2D eigenvalue weighted by molar-refractivity contribution is 5.91. The van der Waals surface area contributed by atoms with Crippen molar-refractivity contribution in [3.63, 3.8) is 0 Å². The van der Waals surface area contributed by atoms with Crippen molar-refractivity contribution in [3.05, 3.63) is 30.6 Å². The maximum Gasteiger partial charge on any atom is 0.224 e. The normalized spacial score (nSPS) is 17.3. The summed E-state index contributed by atoms with van der Waals surface area (Å²) in [6.45, 7) is 3.68. The fraction of sp³-hybridized carbons (Fsp3) is 0.471. The third-order valence-corrected chi connectivity index (χ3v) is 4.08. The number of carbonyl (C=O) groups excluding carboxylic acids is 1. The third kappa shape index (κ3) is 3.96. The topological polar surface area (TPSA) is 69.0 Å². The largest absolute Gasteiger partial charge is 0.378 e. The van der Waals surface area contributed by atoms with E-state index in [0.29, 0.717) is 6.42 Å². The number of aryl methyl sites for hydroxylation is 1. The summed E-state index contributed by atoms with van der Waals surface area (Å²) < 4.78 is 7.52. The minimum Gasteiger partial charge on any atom is -0.378 e. The van der Waals surface area contributed by atoms with Gasteiger partial charge in [0.25, 0.3) is 0 Å². The summed E-state index contributed by atoms with van der Waals surface area (Å²) in [5, 5.41) is 11.0. The summed E-state index contributed by atoms with van der Waals surface area (Å²) in [6.07, 6.45) is 5.40. The lowest BCUT2D eigenvalue weighted by molar-refractivity contribution is -0.116. The van der Waals surface area contributed by atoms with E-state index in [2.05, 4.69) is 15.5 Å². The van der Waals surface area contributed by atoms with Crippen LogP contribution in [0.15, 0.2) is 30.6 Å². The van der Waals surface area contributed by atoms with Crippen LogP contribution in [0, 0.1) is 0 Å². The van der Waals surface area contributed by atoms with E-state index in [1.807, 2.05) is 35.8 Å². The minimum absolute atomic E-state index is 0.0228. The smallest absolute Gasteiger partial charge is 0.224 e. The second-order valence-electron chi connectivity index (χ2n) is 5.74. The monoisotopic (exact) mass is 314 g/mol. The molecule has 0 aliphatic carbocycles. The molecule has 1 amide bonds. The molecule has 1 aliphatic rings. The maximum absolute atomic E-state index is 12.1. The molecule has 1 aromatic heterocycles. The van der Waals surface area contributed by atoms with E-state index < -0.39 is 0 Å². The number of nitrogens with one attached hydrogen (secondary N) is 1. The Hall–Kier alpha value is -2.21. The molecule has 122 valence electrons. The van der Waals surface area contributed by atoms with Crippen LogP contribution >= 0.6 is 0 Å². The molecule has 0 spiro atoms. The molecule has 1 saturated heterocycles. The zero-order chi connectivity index (χ0) is 16.1. The fourth-order valence-electron chi connectivity index (χ4n) is 2.83. The molecule has 0 radical (unpaired) electrons. The predicted molar refractivity (Wildman–Crippen MR) is 88.0 cm³/mol. The Morgan fingerprint density at radius 1 is 1.48 bits per heavy atom. The Bertz CT molecular complexity index is 662. The van der Waals surface area contributed by atoms with Gasteiger partial charge in [0.2, 0.25) is 5.91 Å². The first-order valence-corrected chi connectivity index (χ1v) is 8.16. The molecule has 2 heterocycles. The molecule has 1 atom stereocenters. The van der Waals surface area contributed by atoms with Gasteiger partial charge in [-0.15, -0.1) is 10.2 Å². The van der Waals surface area contributed by atoms with E-state index in [9.17, 15) is 4.79 Å². The van der Waals surface area contributed by atoms with Crippen molar-refractivity contribution in [1.82, 2.24) is 14.8 Å². The second-order valence-corrected chi connectivity index (χ2v) is 5.74. The summed E-state index contributed by atoms with van der Waals surface area (Å²) in [6, 6.07) is 7.71. The molecule has 6 heteroatoms. The number of hydrogen-bond acceptors (Lipinski definition) is 4. The fourth-order valence-corrected chi connectivity index (χ4v) is 2.83. The molecule has 6 nitrogen and oxygen atoms in total. The Kier molecular flexibility index (Phi) is 5.02. The highest BCUT2D eigenvalue weighted by Crippen LogP contribution is 2.21. The first-order valence-electron chi connectivity index (χ1n) is 8.16. The van der Waals surface area contributed by atoms with Crippen molar-refractivity contribution in [2.75, 3.05) is 11.9 Å². The van der Waals surface area contributed by atoms with Crippen LogP contribution in [0.2, 0.25) is 0 Å². The van der Waals surface area contributed by atoms with E-state index in [-0.39, 0.29) is 12.0 Å². The number of anilines is 1. The number of aromatic nitrogens is 3. The molecular formula is C17H22N4O2. The summed E-state index contributed by atoms with van der Waals surface area (Å²) in [5.74, 6) is 0.831. The van der Waals surface area contributed by atoms with Gasteiger partial charge in [-0.05, 0) is 38.3 Å². The van der Waals surface area contributed by atoms with E-state index in [4.69, 9.17) is 4.74 Å². The van der Waals surface area contributed by atoms with E-state index in [1.165, 1.54) is 0 Å². The van der Waals surface area contributed by atoms with Gasteiger partial charge in [0, 0.05) is 30.8 Å². The van der Waals surface area contributed by atoms with Gasteiger partial charge < -0.3 is 14.6 Å². The summed E-state index contributed by atoms with van der Waals surface area (Å²) in [7, 11) is 0. The lowest BCUT2D eigenvalue weighted by atomic mass is 10.1. The zero-order valence-electron chi connectivity index (χ0n) is 13.4. The Morgan fingerprint density at radius 3 is 3.17 bits per heavy atom. The van der Waals surface area contributed by atoms with Gasteiger partial charge in [0.1, 0.15) is 6.33 Å². The van der Waals surface area contributed by atoms with Gasteiger partial charge in [0.05, 0.1) is 6.10 Å². The molecule has 0 bridgehead atoms. The molecule has 23 heavy (non-hydrogen) atoms. The molecular weight excluding hydrogens is 292 g/mol. The number of hydrogen-bond donors (Lipinski definition) is 1. The van der Waals surface area contributed by atoms with Gasteiger partial charge in [-0.3, -0.25) is 4.79 Å². The van der Waals surface area contributed by atoms with Crippen molar-refractivity contribution >= 4 is 11.6 Å². The zero-order valence-corrected chi connectivity index (χ0v) is 13.4. The standard InChI is InChI=1S/C17H22N4O2/c1-2-21-12-18-20-17(21)13-5-3-6-14(11-13)19-16(22)9-8-15-7-4-10-23-15/h3,5-6,11-12,15H,2,4,7-10H2,1H3,(H,19,22)/t15-/m1/s1. The predicted octanol–water partition coefficient (Wildman–Crippen LogP) is 2.86. The minimum atomic E-state index is 0.0228. The molecule has 1 fully saturated rings. The van der Waals surface area contributed by atoms with Crippen LogP contribution in [0.3, 0.4) is 0 Å². The van der Waals surface area contributed by atoms with Crippen LogP contribution in [0.25, 0.3) is 11.4 Å². The van der Waals surface area contributed by atoms with Gasteiger partial charge in [-0.2, -0.15) is 0 Å². The number of ether oxygens (including phenoxy) is 1. The maximum atomic E-state index is 12.1. The molecule has 2 aromatic rings. The number of carbonyl (C=O) groups is 1. The number of benzene rings is 1. The van der Waals surface area contributed by atoms with E-state index in [0.717, 1.165) is 49.5 Å². The summed E-state index contributed by atoms with van der Waals surface area (Å²) in [4.78, 5) is 12.1. The van der Waals surface area contributed by atoms with Crippen molar-refractivity contribution < 1.29 is 9.53 Å². The van der Waals surface area contributed by atoms with Gasteiger partial charge >= 0.3 is 0 Å². The van der Waals surface area contributed by atoms with Crippen LogP contribution < -0.4 is 5.32 Å². The van der Waals surface area contributed by atoms with Crippen LogP contribution in [0.1, 0.15) is 32.6 Å². The van der Waals surface area contributed by atoms with Gasteiger partial charge in [-0.1, -0.05) is 12.1 Å². The molecule has 0 unspecified atom stereocenters. The summed E-state index contributed by atoms with van der Waals surface area (Å²) in [5.41, 5.74) is 1.73. The van der Waals surface area contributed by atoms with Gasteiger partial charge in [0.15, 0.2) is 5.82 Å². The van der Waals surface area contributed by atoms with Crippen molar-refractivity contribution in [1.29, 1.82) is 0 Å². The van der Waals surface area contributed by atoms with Crippen LogP contribution in [0.4, 0.5) is 5.69 Å². The Morgan fingerprint density at radius 2 is 2.39 bits per heavy atom. The lowest BCUT2D eigenvalue weighted by Crippen LogP contribution is -2.15. The third-order valence-electron chi connectivity index (χ3n) is 4.08. The average Bonchev–Trinajstić information content (AvgIpc) is 3.24. The van der Waals surface area contributed by atoms with Crippen LogP contribution in [-0.2, 0) is 16.1 Å². The van der Waals surface area contributed by atoms with Crippen LogP contribution in [-0.4, -0.2) is 33.4 Å². The van der Waals surface area contributed by atoms with Crippen molar-refractivity contribution in [2.24, 2.45) is 0 Å². The van der Waals surface area contributed by atoms with Crippen molar-refractivity contribution in [3.8, 4) is 11.4 Å².